The maximum Gasteiger partial charge on any atom is 0.177 e. The molecule has 0 unspecified atom stereocenters. The van der Waals surface area contributed by atoms with E-state index >= 15 is 0 Å². The van der Waals surface area contributed by atoms with Gasteiger partial charge < -0.3 is 0 Å². The first-order chi connectivity index (χ1) is 6.20. The third-order valence-corrected chi connectivity index (χ3v) is 3.40. The van der Waals surface area contributed by atoms with Gasteiger partial charge in [0.2, 0.25) is 0 Å². The molecule has 0 saturated carbocycles. The Hall–Kier alpha value is -0.610. The second kappa shape index (κ2) is 3.27. The van der Waals surface area contributed by atoms with E-state index < -0.39 is 0 Å². The second-order valence-electron chi connectivity index (χ2n) is 2.58. The first-order valence-corrected chi connectivity index (χ1v) is 5.67. The largest absolute Gasteiger partial charge is 0.206 e. The fourth-order valence-electron chi connectivity index (χ4n) is 1.17. The van der Waals surface area contributed by atoms with Crippen molar-refractivity contribution in [2.24, 2.45) is 0 Å². The molecule has 0 saturated heterocycles. The Bertz CT molecular complexity index is 448. The molecule has 0 atom stereocenters. The highest BCUT2D eigenvalue weighted by molar-refractivity contribution is 7.98. The van der Waals surface area contributed by atoms with Gasteiger partial charge in [-0.2, -0.15) is 4.39 Å². The van der Waals surface area contributed by atoms with Crippen molar-refractivity contribution < 1.29 is 8.78 Å². The van der Waals surface area contributed by atoms with Crippen LogP contribution in [0.4, 0.5) is 8.78 Å². The molecule has 0 fully saturated rings. The van der Waals surface area contributed by atoms with E-state index in [2.05, 4.69) is 0 Å². The topological polar surface area (TPSA) is 0 Å². The molecule has 0 radical (unpaired) electrons. The van der Waals surface area contributed by atoms with Crippen molar-refractivity contribution in [3.05, 3.63) is 29.1 Å². The van der Waals surface area contributed by atoms with Gasteiger partial charge >= 0.3 is 0 Å². The molecule has 4 heteroatoms. The van der Waals surface area contributed by atoms with Crippen LogP contribution >= 0.6 is 23.1 Å². The predicted molar refractivity (Wildman–Crippen MR) is 53.5 cm³/mol. The minimum atomic E-state index is -0.276. The van der Waals surface area contributed by atoms with E-state index in [1.165, 1.54) is 23.9 Å². The lowest BCUT2D eigenvalue weighted by atomic mass is 10.2. The fourth-order valence-corrected chi connectivity index (χ4v) is 2.46. The normalized spacial score (nSPS) is 11.0. The zero-order valence-electron chi connectivity index (χ0n) is 6.80. The van der Waals surface area contributed by atoms with E-state index in [0.717, 1.165) is 16.7 Å². The molecular weight excluding hydrogens is 210 g/mol. The quantitative estimate of drug-likeness (QED) is 0.651. The smallest absolute Gasteiger partial charge is 0.177 e. The molecule has 1 aromatic carbocycles. The van der Waals surface area contributed by atoms with Crippen LogP contribution in [0.3, 0.4) is 0 Å². The minimum Gasteiger partial charge on any atom is -0.206 e. The molecule has 0 aliphatic rings. The van der Waals surface area contributed by atoms with Crippen molar-refractivity contribution in [3.63, 3.8) is 0 Å². The molecule has 0 bridgehead atoms. The summed E-state index contributed by atoms with van der Waals surface area (Å²) in [7, 11) is 0. The van der Waals surface area contributed by atoms with Crippen LogP contribution in [0.15, 0.2) is 23.1 Å². The number of hydrogen-bond acceptors (Lipinski definition) is 2. The van der Waals surface area contributed by atoms with E-state index in [1.807, 2.05) is 0 Å². The highest BCUT2D eigenvalue weighted by atomic mass is 32.2. The molecule has 1 heterocycles. The Morgan fingerprint density at radius 3 is 2.69 bits per heavy atom. The molecule has 0 N–H and O–H groups in total. The summed E-state index contributed by atoms with van der Waals surface area (Å²) in [6.07, 6.45) is 1.80. The third kappa shape index (κ3) is 1.56. The van der Waals surface area contributed by atoms with Gasteiger partial charge in [0.15, 0.2) is 5.13 Å². The number of halogens is 2. The highest BCUT2D eigenvalue weighted by Crippen LogP contribution is 2.30. The Morgan fingerprint density at radius 2 is 2.00 bits per heavy atom. The van der Waals surface area contributed by atoms with Gasteiger partial charge in [-0.3, -0.25) is 0 Å². The average molecular weight is 216 g/mol. The first-order valence-electron chi connectivity index (χ1n) is 3.63. The van der Waals surface area contributed by atoms with Gasteiger partial charge in [-0.25, -0.2) is 4.39 Å². The Balaban J connectivity index is 2.72. The second-order valence-corrected chi connectivity index (χ2v) is 4.46. The van der Waals surface area contributed by atoms with Crippen molar-refractivity contribution in [3.8, 4) is 0 Å². The molecule has 68 valence electrons. The lowest BCUT2D eigenvalue weighted by Crippen LogP contribution is -1.77. The lowest BCUT2D eigenvalue weighted by molar-refractivity contribution is 0.605. The monoisotopic (exact) mass is 216 g/mol. The zero-order valence-corrected chi connectivity index (χ0v) is 8.44. The van der Waals surface area contributed by atoms with Crippen LogP contribution in [0, 0.1) is 10.9 Å². The standard InChI is InChI=1S/C9H6F2S2/c1-12-8-2-5-3-9(11)13-7(5)4-6(8)10/h2-4H,1H3. The van der Waals surface area contributed by atoms with E-state index in [-0.39, 0.29) is 10.9 Å². The molecule has 0 spiro atoms. The maximum atomic E-state index is 13.2. The van der Waals surface area contributed by atoms with E-state index in [0.29, 0.717) is 9.60 Å². The highest BCUT2D eigenvalue weighted by Gasteiger charge is 2.06. The lowest BCUT2D eigenvalue weighted by Gasteiger charge is -1.97. The Kier molecular flexibility index (Phi) is 2.26. The van der Waals surface area contributed by atoms with Gasteiger partial charge in [-0.1, -0.05) is 0 Å². The average Bonchev–Trinajstić information content (AvgIpc) is 2.42. The van der Waals surface area contributed by atoms with Crippen molar-refractivity contribution >= 4 is 33.2 Å². The van der Waals surface area contributed by atoms with Gasteiger partial charge in [0.05, 0.1) is 0 Å². The molecular formula is C9H6F2S2. The molecule has 0 aliphatic carbocycles. The zero-order chi connectivity index (χ0) is 9.42. The van der Waals surface area contributed by atoms with Crippen LogP contribution in [-0.4, -0.2) is 6.26 Å². The van der Waals surface area contributed by atoms with Gasteiger partial charge in [-0.15, -0.1) is 23.1 Å². The number of hydrogen-bond donors (Lipinski definition) is 0. The SMILES string of the molecule is CSc1cc2cc(F)sc2cc1F. The summed E-state index contributed by atoms with van der Waals surface area (Å²) in [5.41, 5.74) is 0. The molecule has 13 heavy (non-hydrogen) atoms. The summed E-state index contributed by atoms with van der Waals surface area (Å²) in [5.74, 6) is -0.276. The molecule has 0 aliphatic heterocycles. The molecule has 2 aromatic rings. The minimum absolute atomic E-state index is 0.271. The number of thioether (sulfide) groups is 1. The number of benzene rings is 1. The van der Waals surface area contributed by atoms with Crippen LogP contribution in [0.2, 0.25) is 0 Å². The van der Waals surface area contributed by atoms with Gasteiger partial charge in [0.1, 0.15) is 5.82 Å². The molecule has 1 aromatic heterocycles. The number of fused-ring (bicyclic) bond motifs is 1. The van der Waals surface area contributed by atoms with E-state index in [4.69, 9.17) is 0 Å². The van der Waals surface area contributed by atoms with Gasteiger partial charge in [0.25, 0.3) is 0 Å². The van der Waals surface area contributed by atoms with Crippen molar-refractivity contribution in [1.82, 2.24) is 0 Å². The predicted octanol–water partition coefficient (Wildman–Crippen LogP) is 3.90. The van der Waals surface area contributed by atoms with Crippen LogP contribution in [0.25, 0.3) is 10.1 Å². The molecule has 0 amide bonds. The fraction of sp³-hybridized carbons (Fsp3) is 0.111. The van der Waals surface area contributed by atoms with Crippen molar-refractivity contribution in [2.45, 2.75) is 4.90 Å². The number of rotatable bonds is 1. The van der Waals surface area contributed by atoms with Crippen LogP contribution in [-0.2, 0) is 0 Å². The summed E-state index contributed by atoms with van der Waals surface area (Å²) in [5, 5.41) is 0.501. The molecule has 0 nitrogen and oxygen atoms in total. The number of thiophene rings is 1. The summed E-state index contributed by atoms with van der Waals surface area (Å²) in [4.78, 5) is 0.560. The summed E-state index contributed by atoms with van der Waals surface area (Å²) < 4.78 is 26.6. The third-order valence-electron chi connectivity index (χ3n) is 1.76. The summed E-state index contributed by atoms with van der Waals surface area (Å²) in [6.45, 7) is 0. The first kappa shape index (κ1) is 8.97. The summed E-state index contributed by atoms with van der Waals surface area (Å²) in [6, 6.07) is 4.49. The Morgan fingerprint density at radius 1 is 1.23 bits per heavy atom. The van der Waals surface area contributed by atoms with Crippen molar-refractivity contribution in [1.29, 1.82) is 0 Å². The van der Waals surface area contributed by atoms with Crippen molar-refractivity contribution in [2.75, 3.05) is 6.26 Å². The summed E-state index contributed by atoms with van der Waals surface area (Å²) >= 11 is 2.30. The van der Waals surface area contributed by atoms with Crippen LogP contribution in [0.1, 0.15) is 0 Å². The van der Waals surface area contributed by atoms with Gasteiger partial charge in [0, 0.05) is 9.60 Å². The van der Waals surface area contributed by atoms with Crippen LogP contribution < -0.4 is 0 Å². The van der Waals surface area contributed by atoms with Crippen LogP contribution in [0.5, 0.6) is 0 Å². The maximum absolute atomic E-state index is 13.2. The Labute approximate surface area is 82.6 Å². The molecule has 2 rings (SSSR count). The van der Waals surface area contributed by atoms with E-state index in [9.17, 15) is 8.78 Å². The van der Waals surface area contributed by atoms with Gasteiger partial charge in [-0.05, 0) is 29.8 Å². The van der Waals surface area contributed by atoms with E-state index in [1.54, 1.807) is 12.3 Å².